The first-order chi connectivity index (χ1) is 18.0. The van der Waals surface area contributed by atoms with Crippen LogP contribution in [0.1, 0.15) is 48.7 Å². The third kappa shape index (κ3) is 7.95. The van der Waals surface area contributed by atoms with Gasteiger partial charge in [-0.1, -0.05) is 25.1 Å². The fourth-order valence-electron chi connectivity index (χ4n) is 3.31. The molecule has 0 aliphatic heterocycles. The molecule has 9 heteroatoms. The van der Waals surface area contributed by atoms with E-state index in [0.29, 0.717) is 64.0 Å². The van der Waals surface area contributed by atoms with Crippen molar-refractivity contribution in [1.29, 1.82) is 0 Å². The summed E-state index contributed by atoms with van der Waals surface area (Å²) in [6, 6.07) is 14.9. The van der Waals surface area contributed by atoms with Gasteiger partial charge >= 0.3 is 0 Å². The zero-order valence-electron chi connectivity index (χ0n) is 21.1. The predicted octanol–water partition coefficient (Wildman–Crippen LogP) is 6.52. The van der Waals surface area contributed by atoms with Gasteiger partial charge in [0.05, 0.1) is 30.5 Å². The number of halogens is 2. The Hall–Kier alpha value is -3.59. The summed E-state index contributed by atoms with van der Waals surface area (Å²) in [4.78, 5) is 12.6. The highest BCUT2D eigenvalue weighted by Crippen LogP contribution is 2.37. The van der Waals surface area contributed by atoms with Crippen molar-refractivity contribution in [2.24, 2.45) is 5.10 Å². The molecule has 1 amide bonds. The smallest absolute Gasteiger partial charge is 0.271 e. The van der Waals surface area contributed by atoms with E-state index in [2.05, 4.69) is 26.5 Å². The molecule has 0 bridgehead atoms. The van der Waals surface area contributed by atoms with Gasteiger partial charge in [0.25, 0.3) is 5.91 Å². The largest absolute Gasteiger partial charge is 0.490 e. The van der Waals surface area contributed by atoms with Gasteiger partial charge in [0.15, 0.2) is 23.0 Å². The van der Waals surface area contributed by atoms with Crippen molar-refractivity contribution in [3.63, 3.8) is 0 Å². The van der Waals surface area contributed by atoms with Crippen LogP contribution in [0.2, 0.25) is 0 Å². The molecule has 0 aromatic heterocycles. The van der Waals surface area contributed by atoms with Gasteiger partial charge in [-0.25, -0.2) is 9.82 Å². The Morgan fingerprint density at radius 3 is 2.43 bits per heavy atom. The summed E-state index contributed by atoms with van der Waals surface area (Å²) in [7, 11) is 0. The molecule has 0 heterocycles. The number of rotatable bonds is 13. The van der Waals surface area contributed by atoms with Gasteiger partial charge < -0.3 is 18.9 Å². The molecule has 196 valence electrons. The Labute approximate surface area is 224 Å². The Balaban J connectivity index is 1.71. The highest BCUT2D eigenvalue weighted by atomic mass is 79.9. The number of hydrogen-bond acceptors (Lipinski definition) is 6. The van der Waals surface area contributed by atoms with Crippen molar-refractivity contribution < 1.29 is 28.1 Å². The van der Waals surface area contributed by atoms with Gasteiger partial charge in [-0.05, 0) is 78.2 Å². The summed E-state index contributed by atoms with van der Waals surface area (Å²) in [6.07, 6.45) is 2.36. The van der Waals surface area contributed by atoms with Crippen LogP contribution in [0.5, 0.6) is 23.0 Å². The molecule has 0 atom stereocenters. The molecule has 0 spiro atoms. The zero-order valence-corrected chi connectivity index (χ0v) is 22.6. The molecular weight excluding hydrogens is 543 g/mol. The van der Waals surface area contributed by atoms with Crippen molar-refractivity contribution in [2.75, 3.05) is 19.8 Å². The van der Waals surface area contributed by atoms with Gasteiger partial charge in [0.1, 0.15) is 12.4 Å². The van der Waals surface area contributed by atoms with E-state index in [4.69, 9.17) is 18.9 Å². The maximum absolute atomic E-state index is 14.0. The van der Waals surface area contributed by atoms with E-state index in [1.165, 1.54) is 12.3 Å². The SMILES string of the molecule is CCCOc1ccc(C(=O)N/N=C/c2cc(Br)c(OCc3ccccc3F)c(OCC)c2)cc1OCC. The lowest BCUT2D eigenvalue weighted by molar-refractivity contribution is 0.0954. The van der Waals surface area contributed by atoms with Crippen molar-refractivity contribution in [1.82, 2.24) is 5.43 Å². The molecule has 37 heavy (non-hydrogen) atoms. The van der Waals surface area contributed by atoms with E-state index < -0.39 is 5.91 Å². The van der Waals surface area contributed by atoms with E-state index >= 15 is 0 Å². The molecule has 3 aromatic rings. The monoisotopic (exact) mass is 572 g/mol. The van der Waals surface area contributed by atoms with Crippen LogP contribution in [0.15, 0.2) is 64.2 Å². The lowest BCUT2D eigenvalue weighted by atomic mass is 10.2. The molecular formula is C28H30BrFN2O5. The number of carbonyl (C=O) groups excluding carboxylic acids is 1. The second-order valence-corrected chi connectivity index (χ2v) is 8.64. The minimum atomic E-state index is -0.395. The lowest BCUT2D eigenvalue weighted by Crippen LogP contribution is -2.17. The number of benzene rings is 3. The van der Waals surface area contributed by atoms with Crippen LogP contribution in [-0.2, 0) is 6.61 Å². The first kappa shape index (κ1) is 28.0. The topological polar surface area (TPSA) is 78.4 Å². The number of amides is 1. The van der Waals surface area contributed by atoms with E-state index in [1.54, 1.807) is 48.5 Å². The normalized spacial score (nSPS) is 10.8. The Bertz CT molecular complexity index is 1240. The van der Waals surface area contributed by atoms with Crippen LogP contribution in [0.3, 0.4) is 0 Å². The van der Waals surface area contributed by atoms with Gasteiger partial charge in [0.2, 0.25) is 0 Å². The highest BCUT2D eigenvalue weighted by Gasteiger charge is 2.14. The molecule has 0 saturated heterocycles. The number of carbonyl (C=O) groups is 1. The number of hydrogen-bond donors (Lipinski definition) is 1. The quantitative estimate of drug-likeness (QED) is 0.186. The van der Waals surface area contributed by atoms with Crippen molar-refractivity contribution in [3.05, 3.63) is 81.6 Å². The van der Waals surface area contributed by atoms with E-state index in [0.717, 1.165) is 6.42 Å². The summed E-state index contributed by atoms with van der Waals surface area (Å²) in [6.45, 7) is 7.18. The van der Waals surface area contributed by atoms with E-state index in [9.17, 15) is 9.18 Å². The van der Waals surface area contributed by atoms with E-state index in [1.807, 2.05) is 20.8 Å². The molecule has 0 unspecified atom stereocenters. The molecule has 0 aliphatic carbocycles. The average molecular weight is 573 g/mol. The second kappa shape index (κ2) is 14.2. The van der Waals surface area contributed by atoms with Crippen LogP contribution in [0.25, 0.3) is 0 Å². The fraction of sp³-hybridized carbons (Fsp3) is 0.286. The highest BCUT2D eigenvalue weighted by molar-refractivity contribution is 9.10. The van der Waals surface area contributed by atoms with E-state index in [-0.39, 0.29) is 12.4 Å². The second-order valence-electron chi connectivity index (χ2n) is 7.79. The van der Waals surface area contributed by atoms with Crippen LogP contribution < -0.4 is 24.4 Å². The van der Waals surface area contributed by atoms with Crippen LogP contribution in [0.4, 0.5) is 4.39 Å². The van der Waals surface area contributed by atoms with Crippen LogP contribution in [-0.4, -0.2) is 31.9 Å². The van der Waals surface area contributed by atoms with Gasteiger partial charge in [0, 0.05) is 11.1 Å². The minimum Gasteiger partial charge on any atom is -0.490 e. The molecule has 7 nitrogen and oxygen atoms in total. The standard InChI is InChI=1S/C28H30BrFN2O5/c1-4-13-36-24-12-11-20(16-25(24)34-5-2)28(33)32-31-17-19-14-22(29)27(26(15-19)35-6-3)37-18-21-9-7-8-10-23(21)30/h7-12,14-17H,4-6,13,18H2,1-3H3,(H,32,33)/b31-17+. The summed E-state index contributed by atoms with van der Waals surface area (Å²) in [5, 5.41) is 4.08. The Kier molecular flexibility index (Phi) is 10.8. The summed E-state index contributed by atoms with van der Waals surface area (Å²) in [5.74, 6) is 1.27. The lowest BCUT2D eigenvalue weighted by Gasteiger charge is -2.15. The average Bonchev–Trinajstić information content (AvgIpc) is 2.88. The van der Waals surface area contributed by atoms with Gasteiger partial charge in [-0.15, -0.1) is 0 Å². The van der Waals surface area contributed by atoms with Crippen molar-refractivity contribution >= 4 is 28.1 Å². The third-order valence-electron chi connectivity index (χ3n) is 5.01. The summed E-state index contributed by atoms with van der Waals surface area (Å²) >= 11 is 3.49. The van der Waals surface area contributed by atoms with Crippen molar-refractivity contribution in [2.45, 2.75) is 33.8 Å². The van der Waals surface area contributed by atoms with Gasteiger partial charge in [-0.3, -0.25) is 4.79 Å². The molecule has 0 radical (unpaired) electrons. The molecule has 0 fully saturated rings. The molecule has 1 N–H and O–H groups in total. The maximum Gasteiger partial charge on any atom is 0.271 e. The zero-order chi connectivity index (χ0) is 26.6. The van der Waals surface area contributed by atoms with Crippen LogP contribution >= 0.6 is 15.9 Å². The number of nitrogens with one attached hydrogen (secondary N) is 1. The first-order valence-electron chi connectivity index (χ1n) is 12.0. The Morgan fingerprint density at radius 1 is 0.946 bits per heavy atom. The van der Waals surface area contributed by atoms with Gasteiger partial charge in [-0.2, -0.15) is 5.10 Å². The molecule has 3 rings (SSSR count). The molecule has 3 aromatic carbocycles. The first-order valence-corrected chi connectivity index (χ1v) is 12.8. The summed E-state index contributed by atoms with van der Waals surface area (Å²) < 4.78 is 37.5. The third-order valence-corrected chi connectivity index (χ3v) is 5.60. The fourth-order valence-corrected chi connectivity index (χ4v) is 3.88. The summed E-state index contributed by atoms with van der Waals surface area (Å²) in [5.41, 5.74) is 4.00. The number of ether oxygens (including phenoxy) is 4. The number of hydrazone groups is 1. The van der Waals surface area contributed by atoms with Crippen molar-refractivity contribution in [3.8, 4) is 23.0 Å². The maximum atomic E-state index is 14.0. The Morgan fingerprint density at radius 2 is 1.70 bits per heavy atom. The minimum absolute atomic E-state index is 0.0425. The predicted molar refractivity (Wildman–Crippen MR) is 145 cm³/mol. The molecule has 0 saturated carbocycles. The van der Waals surface area contributed by atoms with Crippen LogP contribution in [0, 0.1) is 5.82 Å². The molecule has 0 aliphatic rings. The number of nitrogens with zero attached hydrogens (tertiary/aromatic N) is 1.